The molecule has 0 saturated heterocycles. The summed E-state index contributed by atoms with van der Waals surface area (Å²) in [6, 6.07) is 18.4. The van der Waals surface area contributed by atoms with E-state index in [-0.39, 0.29) is 37.4 Å². The smallest absolute Gasteiger partial charge is 0.274 e. The second-order valence-electron chi connectivity index (χ2n) is 9.77. The van der Waals surface area contributed by atoms with E-state index in [2.05, 4.69) is 31.2 Å². The zero-order valence-electron chi connectivity index (χ0n) is 24.2. The number of amides is 2. The van der Waals surface area contributed by atoms with Gasteiger partial charge in [0, 0.05) is 49.9 Å². The number of anilines is 2. The fourth-order valence-corrected chi connectivity index (χ4v) is 4.45. The number of aliphatic hydroxyl groups excluding tert-OH is 2. The van der Waals surface area contributed by atoms with E-state index < -0.39 is 0 Å². The fraction of sp³-hybridized carbons (Fsp3) is 0.250. The van der Waals surface area contributed by atoms with Gasteiger partial charge >= 0.3 is 0 Å². The predicted octanol–water partition coefficient (Wildman–Crippen LogP) is 3.85. The normalized spacial score (nSPS) is 10.6. The van der Waals surface area contributed by atoms with Gasteiger partial charge in [0.25, 0.3) is 11.8 Å². The molecule has 0 aliphatic heterocycles. The van der Waals surface area contributed by atoms with Crippen LogP contribution in [0.4, 0.5) is 11.4 Å². The number of aliphatic hydroxyl groups is 2. The zero-order chi connectivity index (χ0) is 29.9. The average Bonchev–Trinajstić information content (AvgIpc) is 3.00. The van der Waals surface area contributed by atoms with Crippen LogP contribution >= 0.6 is 12.4 Å². The topological polar surface area (TPSA) is 148 Å². The van der Waals surface area contributed by atoms with E-state index >= 15 is 0 Å². The monoisotopic (exact) mass is 604 g/mol. The molecule has 2 heterocycles. The molecule has 11 heteroatoms. The Morgan fingerprint density at radius 2 is 1.07 bits per heavy atom. The summed E-state index contributed by atoms with van der Waals surface area (Å²) in [5, 5.41) is 29.9. The molecule has 0 radical (unpaired) electrons. The molecule has 4 rings (SSSR count). The Kier molecular flexibility index (Phi) is 12.7. The molecule has 0 spiro atoms. The van der Waals surface area contributed by atoms with Crippen LogP contribution in [-0.2, 0) is 13.1 Å². The van der Waals surface area contributed by atoms with Crippen molar-refractivity contribution < 1.29 is 19.8 Å². The lowest BCUT2D eigenvalue weighted by molar-refractivity contribution is 0.101. The lowest BCUT2D eigenvalue weighted by Crippen LogP contribution is -2.18. The first-order chi connectivity index (χ1) is 20.4. The van der Waals surface area contributed by atoms with Crippen molar-refractivity contribution in [3.63, 3.8) is 0 Å². The van der Waals surface area contributed by atoms with Gasteiger partial charge in [-0.15, -0.1) is 12.4 Å². The molecule has 0 saturated carbocycles. The van der Waals surface area contributed by atoms with Crippen molar-refractivity contribution in [2.45, 2.75) is 26.9 Å². The highest BCUT2D eigenvalue weighted by atomic mass is 35.5. The summed E-state index contributed by atoms with van der Waals surface area (Å²) in [6.07, 6.45) is 3.29. The number of hydrogen-bond acceptors (Lipinski definition) is 8. The molecule has 6 N–H and O–H groups in total. The van der Waals surface area contributed by atoms with E-state index in [1.165, 1.54) is 0 Å². The molecule has 2 aromatic carbocycles. The molecule has 2 amide bonds. The van der Waals surface area contributed by atoms with Crippen LogP contribution in [-0.4, -0.2) is 58.3 Å². The van der Waals surface area contributed by atoms with Gasteiger partial charge in [-0.25, -0.2) is 0 Å². The lowest BCUT2D eigenvalue weighted by atomic mass is 9.94. The van der Waals surface area contributed by atoms with Crippen LogP contribution in [0.15, 0.2) is 73.1 Å². The summed E-state index contributed by atoms with van der Waals surface area (Å²) in [7, 11) is 0. The minimum absolute atomic E-state index is 0. The van der Waals surface area contributed by atoms with E-state index in [1.807, 2.05) is 62.4 Å². The van der Waals surface area contributed by atoms with Gasteiger partial charge in [-0.1, -0.05) is 36.4 Å². The molecule has 0 bridgehead atoms. The Bertz CT molecular complexity index is 1400. The molecule has 0 aliphatic carbocycles. The van der Waals surface area contributed by atoms with Gasteiger partial charge in [-0.3, -0.25) is 19.6 Å². The Hall–Kier alpha value is -4.19. The molecule has 4 aromatic rings. The van der Waals surface area contributed by atoms with Crippen molar-refractivity contribution >= 4 is 35.6 Å². The number of carbonyl (C=O) groups is 2. The van der Waals surface area contributed by atoms with Crippen molar-refractivity contribution in [1.29, 1.82) is 0 Å². The first-order valence-electron chi connectivity index (χ1n) is 13.8. The van der Waals surface area contributed by atoms with Gasteiger partial charge in [-0.2, -0.15) is 0 Å². The zero-order valence-corrected chi connectivity index (χ0v) is 25.0. The van der Waals surface area contributed by atoms with E-state index in [0.717, 1.165) is 33.4 Å². The maximum absolute atomic E-state index is 13.0. The predicted molar refractivity (Wildman–Crippen MR) is 171 cm³/mol. The summed E-state index contributed by atoms with van der Waals surface area (Å²) in [5.74, 6) is -0.629. The van der Waals surface area contributed by atoms with Gasteiger partial charge in [0.1, 0.15) is 11.4 Å². The SMILES string of the molecule is Cc1c(NC(=O)c2ccc(CNCCO)cn2)cccc1-c1cccc(NC(=O)c2ccc(CNCCO)cn2)c1C.Cl. The highest BCUT2D eigenvalue weighted by Crippen LogP contribution is 2.34. The number of nitrogens with zero attached hydrogens (tertiary/aromatic N) is 2. The van der Waals surface area contributed by atoms with Crippen LogP contribution in [0.3, 0.4) is 0 Å². The van der Waals surface area contributed by atoms with Crippen LogP contribution in [0.25, 0.3) is 11.1 Å². The summed E-state index contributed by atoms with van der Waals surface area (Å²) in [4.78, 5) is 34.5. The molecule has 0 unspecified atom stereocenters. The van der Waals surface area contributed by atoms with Crippen LogP contribution in [0.5, 0.6) is 0 Å². The summed E-state index contributed by atoms with van der Waals surface area (Å²) >= 11 is 0. The Labute approximate surface area is 257 Å². The highest BCUT2D eigenvalue weighted by molar-refractivity contribution is 6.05. The molecule has 10 nitrogen and oxygen atoms in total. The number of nitrogens with one attached hydrogen (secondary N) is 4. The number of rotatable bonds is 13. The molecular formula is C32H37ClN6O4. The molecule has 2 aromatic heterocycles. The number of benzene rings is 2. The van der Waals surface area contributed by atoms with E-state index in [1.54, 1.807) is 24.5 Å². The number of aromatic nitrogens is 2. The molecular weight excluding hydrogens is 568 g/mol. The van der Waals surface area contributed by atoms with E-state index in [0.29, 0.717) is 48.9 Å². The number of hydrogen-bond donors (Lipinski definition) is 6. The maximum Gasteiger partial charge on any atom is 0.274 e. The summed E-state index contributed by atoms with van der Waals surface area (Å²) in [6.45, 7) is 6.10. The standard InChI is InChI=1S/C32H36N6O4.ClH/c1-21-25(5-3-7-27(21)37-31(41)29-11-9-23(19-35-29)17-33-13-15-39)26-6-4-8-28(22(26)2)38-32(42)30-12-10-24(20-36-30)18-34-14-16-40;/h3-12,19-20,33-34,39-40H,13-18H2,1-2H3,(H,37,41)(H,38,42);1H. The van der Waals surface area contributed by atoms with Crippen molar-refractivity contribution in [3.8, 4) is 11.1 Å². The van der Waals surface area contributed by atoms with Crippen molar-refractivity contribution in [3.05, 3.63) is 107 Å². The average molecular weight is 605 g/mol. The van der Waals surface area contributed by atoms with Crippen molar-refractivity contribution in [2.75, 3.05) is 36.9 Å². The third-order valence-corrected chi connectivity index (χ3v) is 6.80. The summed E-state index contributed by atoms with van der Waals surface area (Å²) < 4.78 is 0. The Morgan fingerprint density at radius 3 is 1.42 bits per heavy atom. The quantitative estimate of drug-likeness (QED) is 0.126. The third-order valence-electron chi connectivity index (χ3n) is 6.80. The molecule has 0 fully saturated rings. The fourth-order valence-electron chi connectivity index (χ4n) is 4.45. The van der Waals surface area contributed by atoms with Crippen LogP contribution < -0.4 is 21.3 Å². The van der Waals surface area contributed by atoms with Gasteiger partial charge in [-0.05, 0) is 71.5 Å². The van der Waals surface area contributed by atoms with Crippen molar-refractivity contribution in [1.82, 2.24) is 20.6 Å². The second-order valence-corrected chi connectivity index (χ2v) is 9.77. The second kappa shape index (κ2) is 16.4. The first kappa shape index (κ1) is 33.3. The number of carbonyl (C=O) groups excluding carboxylic acids is 2. The van der Waals surface area contributed by atoms with Crippen molar-refractivity contribution in [2.24, 2.45) is 0 Å². The van der Waals surface area contributed by atoms with Crippen LogP contribution in [0, 0.1) is 13.8 Å². The third kappa shape index (κ3) is 8.90. The number of halogens is 1. The molecule has 226 valence electrons. The highest BCUT2D eigenvalue weighted by Gasteiger charge is 2.16. The Morgan fingerprint density at radius 1 is 0.651 bits per heavy atom. The van der Waals surface area contributed by atoms with Gasteiger partial charge in [0.15, 0.2) is 0 Å². The first-order valence-corrected chi connectivity index (χ1v) is 13.8. The molecule has 43 heavy (non-hydrogen) atoms. The van der Waals surface area contributed by atoms with Crippen LogP contribution in [0.2, 0.25) is 0 Å². The van der Waals surface area contributed by atoms with Gasteiger partial charge in [0.05, 0.1) is 13.2 Å². The maximum atomic E-state index is 13.0. The molecule has 0 atom stereocenters. The van der Waals surface area contributed by atoms with Crippen LogP contribution in [0.1, 0.15) is 43.2 Å². The minimum atomic E-state index is -0.314. The van der Waals surface area contributed by atoms with Gasteiger partial charge in [0.2, 0.25) is 0 Å². The Balaban J connectivity index is 0.00000506. The lowest BCUT2D eigenvalue weighted by Gasteiger charge is -2.17. The molecule has 0 aliphatic rings. The van der Waals surface area contributed by atoms with E-state index in [9.17, 15) is 9.59 Å². The largest absolute Gasteiger partial charge is 0.395 e. The van der Waals surface area contributed by atoms with E-state index in [4.69, 9.17) is 10.2 Å². The number of pyridine rings is 2. The van der Waals surface area contributed by atoms with Gasteiger partial charge < -0.3 is 31.5 Å². The summed E-state index contributed by atoms with van der Waals surface area (Å²) in [5.41, 5.74) is 7.39. The minimum Gasteiger partial charge on any atom is -0.395 e.